The molecular formula is C108H180N4O4S4. The van der Waals surface area contributed by atoms with Gasteiger partial charge in [-0.2, -0.15) is 0 Å². The summed E-state index contributed by atoms with van der Waals surface area (Å²) in [5.41, 5.74) is 0. The van der Waals surface area contributed by atoms with Crippen LogP contribution in [0.15, 0.2) is 162 Å². The van der Waals surface area contributed by atoms with Gasteiger partial charge in [-0.15, -0.1) is 45.3 Å². The average molecular weight is 1730 g/mol. The summed E-state index contributed by atoms with van der Waals surface area (Å²) in [5.74, 6) is 39.2. The van der Waals surface area contributed by atoms with Gasteiger partial charge in [-0.05, 0) is 210 Å². The zero-order valence-electron chi connectivity index (χ0n) is 84.1. The molecule has 8 heterocycles. The molecule has 0 N–H and O–H groups in total. The van der Waals surface area contributed by atoms with Crippen LogP contribution >= 0.6 is 45.3 Å². The van der Waals surface area contributed by atoms with E-state index in [2.05, 4.69) is 410 Å². The zero-order chi connectivity index (χ0) is 93.5. The van der Waals surface area contributed by atoms with Crippen molar-refractivity contribution in [3.05, 3.63) is 187 Å². The minimum absolute atomic E-state index is 0.505. The van der Waals surface area contributed by atoms with Gasteiger partial charge in [0, 0.05) is 53.7 Å². The minimum atomic E-state index is 0.505. The van der Waals surface area contributed by atoms with E-state index in [1.54, 1.807) is 82.7 Å². The zero-order valence-corrected chi connectivity index (χ0v) is 87.4. The molecule has 0 radical (unpaired) electrons. The van der Waals surface area contributed by atoms with Gasteiger partial charge in [0.1, 0.15) is 23.3 Å². The Hall–Kier alpha value is -7.16. The van der Waals surface area contributed by atoms with Crippen molar-refractivity contribution in [3.8, 4) is 47.4 Å². The number of thiazole rings is 2. The van der Waals surface area contributed by atoms with Crippen molar-refractivity contribution in [2.75, 3.05) is 0 Å². The summed E-state index contributed by atoms with van der Waals surface area (Å²) in [5, 5.41) is 10.1. The Balaban J connectivity index is -0.000000189. The van der Waals surface area contributed by atoms with Gasteiger partial charge in [-0.25, -0.2) is 19.9 Å². The Morgan fingerprint density at radius 3 is 1.02 bits per heavy atom. The molecule has 8 aromatic heterocycles. The molecule has 8 nitrogen and oxygen atoms in total. The van der Waals surface area contributed by atoms with E-state index >= 15 is 0 Å². The molecule has 0 fully saturated rings. The van der Waals surface area contributed by atoms with Crippen molar-refractivity contribution in [3.63, 3.8) is 0 Å². The molecule has 0 bridgehead atoms. The lowest BCUT2D eigenvalue weighted by atomic mass is 10.1. The largest absolute Gasteiger partial charge is 0.465 e. The number of aromatic nitrogens is 4. The number of hydrogen-bond donors (Lipinski definition) is 0. The van der Waals surface area contributed by atoms with Crippen LogP contribution in [0.25, 0.3) is 24.3 Å². The van der Waals surface area contributed by atoms with Crippen LogP contribution in [0, 0.1) is 142 Å². The number of nitrogens with zero attached hydrogens (tertiary/aromatic N) is 4. The Morgan fingerprint density at radius 2 is 0.675 bits per heavy atom. The maximum absolute atomic E-state index is 5.13. The molecule has 0 saturated heterocycles. The lowest BCUT2D eigenvalue weighted by Crippen LogP contribution is -1.81. The van der Waals surface area contributed by atoms with E-state index in [1.807, 2.05) is 59.4 Å². The van der Waals surface area contributed by atoms with Gasteiger partial charge in [0.05, 0.1) is 29.8 Å². The molecule has 0 unspecified atom stereocenters. The van der Waals surface area contributed by atoms with Gasteiger partial charge in [-0.3, -0.25) is 0 Å². The van der Waals surface area contributed by atoms with Gasteiger partial charge in [0.2, 0.25) is 5.89 Å². The highest BCUT2D eigenvalue weighted by atomic mass is 32.1. The lowest BCUT2D eigenvalue weighted by Gasteiger charge is -1.95. The van der Waals surface area contributed by atoms with E-state index in [4.69, 9.17) is 17.7 Å². The molecule has 8 rings (SSSR count). The average Bonchev–Trinajstić information content (AvgIpc) is 1.91. The molecule has 680 valence electrons. The van der Waals surface area contributed by atoms with Gasteiger partial charge < -0.3 is 17.7 Å². The number of oxazole rings is 2. The smallest absolute Gasteiger partial charge is 0.273 e. The van der Waals surface area contributed by atoms with Gasteiger partial charge in [-0.1, -0.05) is 343 Å². The fourth-order valence-corrected chi connectivity index (χ4v) is 8.12. The van der Waals surface area contributed by atoms with E-state index in [-0.39, 0.29) is 0 Å². The van der Waals surface area contributed by atoms with E-state index in [0.717, 1.165) is 132 Å². The molecule has 0 aliphatic rings. The second kappa shape index (κ2) is 94.1. The highest BCUT2D eigenvalue weighted by molar-refractivity contribution is 7.11. The van der Waals surface area contributed by atoms with Crippen molar-refractivity contribution in [1.82, 2.24) is 19.9 Å². The first kappa shape index (κ1) is 128. The Morgan fingerprint density at radius 1 is 0.292 bits per heavy atom. The molecule has 0 atom stereocenters. The maximum Gasteiger partial charge on any atom is 0.273 e. The third-order valence-corrected chi connectivity index (χ3v) is 13.3. The maximum atomic E-state index is 5.13. The summed E-state index contributed by atoms with van der Waals surface area (Å²) < 4.78 is 20.1. The van der Waals surface area contributed by atoms with Crippen LogP contribution in [-0.2, 0) is 0 Å². The van der Waals surface area contributed by atoms with Crippen molar-refractivity contribution < 1.29 is 17.7 Å². The summed E-state index contributed by atoms with van der Waals surface area (Å²) in [7, 11) is 0. The van der Waals surface area contributed by atoms with Gasteiger partial charge in [0.15, 0.2) is 10.8 Å². The predicted octanol–water partition coefficient (Wildman–Crippen LogP) is 36.8. The van der Waals surface area contributed by atoms with Crippen molar-refractivity contribution in [1.29, 1.82) is 0 Å². The summed E-state index contributed by atoms with van der Waals surface area (Å²) in [4.78, 5) is 18.6. The first-order chi connectivity index (χ1) is 56.2. The SMILES string of the molecule is CC(C)C.CC(C)C.CC(C)C.CC(C)C.CC(C)C.CC(C)C.CC(C)C.CC(C)C.CC(C)C/C=C/c1ccco1.CC(C)C/C=C/c1cccs1.CC(C)C/C=C/c1ncco1.CC(C)C/C=C/c1nccs1.CC(C)CC#Cc1ccco1.CC(C)CC#Cc1cccs1.CC(C)CC#Cc1ncco1.CC(C)CC#Cc1nccs1. The third-order valence-electron chi connectivity index (χ3n) is 10.3. The normalized spacial score (nSPS) is 10.1. The topological polar surface area (TPSA) is 104 Å². The molecular weight excluding hydrogens is 1550 g/mol. The first-order valence-corrected chi connectivity index (χ1v) is 48.0. The highest BCUT2D eigenvalue weighted by Gasteiger charge is 1.96. The van der Waals surface area contributed by atoms with E-state index < -0.39 is 0 Å². The molecule has 0 aromatic carbocycles. The third kappa shape index (κ3) is 143. The van der Waals surface area contributed by atoms with E-state index in [0.29, 0.717) is 41.4 Å². The summed E-state index contributed by atoms with van der Waals surface area (Å²) in [6.45, 7) is 86.9. The van der Waals surface area contributed by atoms with Crippen molar-refractivity contribution in [2.45, 2.75) is 328 Å². The summed E-state index contributed by atoms with van der Waals surface area (Å²) >= 11 is 6.76. The van der Waals surface area contributed by atoms with Crippen molar-refractivity contribution in [2.24, 2.45) is 94.7 Å². The Bertz CT molecular complexity index is 3050. The molecule has 8 aromatic rings. The lowest BCUT2D eigenvalue weighted by molar-refractivity contribution is 0.543. The van der Waals surface area contributed by atoms with Crippen molar-refractivity contribution >= 4 is 69.7 Å². The molecule has 12 heteroatoms. The molecule has 0 saturated carbocycles. The molecule has 0 amide bonds. The van der Waals surface area contributed by atoms with Crippen LogP contribution in [0.3, 0.4) is 0 Å². The molecule has 0 spiro atoms. The quantitative estimate of drug-likeness (QED) is 0.0881. The fraction of sp³-hybridized carbons (Fsp3) is 0.593. The molecule has 0 aliphatic heterocycles. The van der Waals surface area contributed by atoms with Crippen LogP contribution in [-0.4, -0.2) is 19.9 Å². The number of furan rings is 2. The fourth-order valence-electron chi connectivity index (χ4n) is 5.82. The Labute approximate surface area is 759 Å². The number of thiophene rings is 2. The van der Waals surface area contributed by atoms with Gasteiger partial charge >= 0.3 is 0 Å². The number of rotatable bonds is 16. The van der Waals surface area contributed by atoms with Gasteiger partial charge in [0.25, 0.3) is 5.89 Å². The second-order valence-electron chi connectivity index (χ2n) is 37.0. The number of hydrogen-bond acceptors (Lipinski definition) is 12. The predicted molar refractivity (Wildman–Crippen MR) is 547 cm³/mol. The number of allylic oxidation sites excluding steroid dienone is 4. The molecule has 120 heavy (non-hydrogen) atoms. The van der Waals surface area contributed by atoms with Crippen LogP contribution in [0.2, 0.25) is 0 Å². The monoisotopic (exact) mass is 1730 g/mol. The summed E-state index contributed by atoms with van der Waals surface area (Å²) in [6.07, 6.45) is 38.4. The van der Waals surface area contributed by atoms with Crippen LogP contribution < -0.4 is 0 Å². The standard InChI is InChI=1S/C10H14O.C10H12O.C10H14S.C10H12S.C9H13NO.C9H11NO.C9H13NS.C9H11NS.8C4H10/c4*1-9(2)5-3-6-10-7-4-8-11-10;4*1-8(2)4-3-5-9-10-6-7-11-9;8*1-4(2)3/h3-4,6-9H,5H2,1-2H3;4,7-9H,5H2,1-2H3;3-4,6-9H,5H2,1-2H3;4,7-9H,5H2,1-2H3;3,5-8H,4H2,1-2H3;6-8H,4H2,1-2H3;3,5-8H,4H2,1-2H3;6-8H,4H2,1-2H3;8*4H,1-3H3/b6-3+;;6-3+;;5-3+;;5-3+;;;;;;;;;. The second-order valence-corrected chi connectivity index (χ2v) is 40.7. The van der Waals surface area contributed by atoms with E-state index in [1.165, 1.54) is 22.4 Å². The minimum Gasteiger partial charge on any atom is -0.465 e. The Kier molecular flexibility index (Phi) is 101. The van der Waals surface area contributed by atoms with Crippen LogP contribution in [0.4, 0.5) is 0 Å². The van der Waals surface area contributed by atoms with E-state index in [9.17, 15) is 0 Å². The van der Waals surface area contributed by atoms with Crippen LogP contribution in [0.1, 0.15) is 371 Å². The highest BCUT2D eigenvalue weighted by Crippen LogP contribution is 2.14. The molecule has 0 aliphatic carbocycles. The first-order valence-electron chi connectivity index (χ1n) is 44.5. The van der Waals surface area contributed by atoms with Crippen LogP contribution in [0.5, 0.6) is 0 Å². The summed E-state index contributed by atoms with van der Waals surface area (Å²) in [6, 6.07) is 15.9.